The first-order valence-corrected chi connectivity index (χ1v) is 7.85. The van der Waals surface area contributed by atoms with Gasteiger partial charge in [0.05, 0.1) is 12.6 Å². The van der Waals surface area contributed by atoms with Crippen molar-refractivity contribution < 1.29 is 9.53 Å². The van der Waals surface area contributed by atoms with E-state index in [2.05, 4.69) is 22.5 Å². The zero-order valence-electron chi connectivity index (χ0n) is 14.1. The van der Waals surface area contributed by atoms with Crippen molar-refractivity contribution >= 4 is 36.0 Å². The summed E-state index contributed by atoms with van der Waals surface area (Å²) in [6, 6.07) is 0.00590. The van der Waals surface area contributed by atoms with Crippen molar-refractivity contribution in [3.8, 4) is 0 Å². The lowest BCUT2D eigenvalue weighted by atomic mass is 10.2. The van der Waals surface area contributed by atoms with Gasteiger partial charge >= 0.3 is 6.09 Å². The van der Waals surface area contributed by atoms with Crippen LogP contribution in [0.3, 0.4) is 0 Å². The number of rotatable bonds is 7. The van der Waals surface area contributed by atoms with Crippen LogP contribution in [-0.4, -0.2) is 36.8 Å². The minimum atomic E-state index is -0.484. The fourth-order valence-electron chi connectivity index (χ4n) is 1.92. The average molecular weight is 426 g/mol. The number of hydrogen-bond donors (Lipinski definition) is 3. The maximum absolute atomic E-state index is 11.8. The summed E-state index contributed by atoms with van der Waals surface area (Å²) in [5, 5.41) is 5.98. The highest BCUT2D eigenvalue weighted by molar-refractivity contribution is 14.0. The van der Waals surface area contributed by atoms with E-state index in [-0.39, 0.29) is 36.1 Å². The number of unbranched alkanes of at least 4 members (excludes halogenated alkanes) is 1. The van der Waals surface area contributed by atoms with Crippen LogP contribution >= 0.6 is 24.0 Å². The van der Waals surface area contributed by atoms with Crippen LogP contribution in [0.15, 0.2) is 4.99 Å². The molecular weight excluding hydrogens is 395 g/mol. The van der Waals surface area contributed by atoms with Crippen LogP contribution in [0.25, 0.3) is 0 Å². The van der Waals surface area contributed by atoms with Gasteiger partial charge < -0.3 is 21.1 Å². The molecule has 0 spiro atoms. The van der Waals surface area contributed by atoms with E-state index in [1.807, 2.05) is 20.8 Å². The normalized spacial score (nSPS) is 16.5. The van der Waals surface area contributed by atoms with Crippen LogP contribution in [0.5, 0.6) is 0 Å². The molecule has 0 aromatic heterocycles. The third-order valence-corrected chi connectivity index (χ3v) is 3.19. The fourth-order valence-corrected chi connectivity index (χ4v) is 1.92. The summed E-state index contributed by atoms with van der Waals surface area (Å²) in [6.45, 7) is 9.02. The number of hydrogen-bond acceptors (Lipinski definition) is 3. The number of nitrogens with one attached hydrogen (secondary N) is 2. The lowest BCUT2D eigenvalue weighted by Gasteiger charge is -2.23. The standard InChI is InChI=1S/C15H30N4O2.HI/c1-5-6-9-17-13(16)18-10-12(11-7-8-11)19-14(20)21-15(2,3)4;/h11-12H,5-10H2,1-4H3,(H,19,20)(H3,16,17,18);1H. The summed E-state index contributed by atoms with van der Waals surface area (Å²) in [4.78, 5) is 16.1. The molecule has 0 radical (unpaired) electrons. The lowest BCUT2D eigenvalue weighted by Crippen LogP contribution is -2.43. The number of alkyl carbamates (subject to hydrolysis) is 1. The molecule has 7 heteroatoms. The fraction of sp³-hybridized carbons (Fsp3) is 0.867. The quantitative estimate of drug-likeness (QED) is 0.253. The molecule has 1 saturated carbocycles. The Morgan fingerprint density at radius 3 is 2.55 bits per heavy atom. The van der Waals surface area contributed by atoms with Gasteiger partial charge in [0.25, 0.3) is 0 Å². The van der Waals surface area contributed by atoms with Crippen LogP contribution in [0.1, 0.15) is 53.4 Å². The Morgan fingerprint density at radius 1 is 1.41 bits per heavy atom. The summed E-state index contributed by atoms with van der Waals surface area (Å²) in [7, 11) is 0. The van der Waals surface area contributed by atoms with Crippen LogP contribution < -0.4 is 16.4 Å². The minimum Gasteiger partial charge on any atom is -0.444 e. The third-order valence-electron chi connectivity index (χ3n) is 3.19. The van der Waals surface area contributed by atoms with Crippen LogP contribution in [0.2, 0.25) is 0 Å². The molecule has 1 aliphatic rings. The molecule has 0 aromatic rings. The molecule has 22 heavy (non-hydrogen) atoms. The van der Waals surface area contributed by atoms with E-state index < -0.39 is 5.60 Å². The zero-order valence-corrected chi connectivity index (χ0v) is 16.5. The van der Waals surface area contributed by atoms with Crippen molar-refractivity contribution in [2.24, 2.45) is 16.6 Å². The second-order valence-corrected chi connectivity index (χ2v) is 6.60. The Kier molecular flexibility index (Phi) is 9.79. The molecule has 0 aliphatic heterocycles. The van der Waals surface area contributed by atoms with Crippen molar-refractivity contribution in [3.05, 3.63) is 0 Å². The second-order valence-electron chi connectivity index (χ2n) is 6.60. The molecule has 1 amide bonds. The van der Waals surface area contributed by atoms with Gasteiger partial charge in [-0.15, -0.1) is 24.0 Å². The number of guanidine groups is 1. The number of amides is 1. The van der Waals surface area contributed by atoms with Crippen LogP contribution in [0.4, 0.5) is 4.79 Å². The zero-order chi connectivity index (χ0) is 15.9. The molecule has 6 nitrogen and oxygen atoms in total. The van der Waals surface area contributed by atoms with Gasteiger partial charge in [-0.05, 0) is 46.0 Å². The predicted molar refractivity (Wildman–Crippen MR) is 101 cm³/mol. The van der Waals surface area contributed by atoms with E-state index in [9.17, 15) is 4.79 Å². The molecule has 1 unspecified atom stereocenters. The molecule has 0 aromatic carbocycles. The Labute approximate surface area is 151 Å². The van der Waals surface area contributed by atoms with Crippen LogP contribution in [0, 0.1) is 5.92 Å². The molecular formula is C15H31IN4O2. The molecule has 0 heterocycles. The van der Waals surface area contributed by atoms with Gasteiger partial charge in [-0.25, -0.2) is 4.79 Å². The predicted octanol–water partition coefficient (Wildman–Crippen LogP) is 2.61. The maximum Gasteiger partial charge on any atom is 0.407 e. The van der Waals surface area contributed by atoms with Gasteiger partial charge in [0, 0.05) is 6.54 Å². The monoisotopic (exact) mass is 426 g/mol. The summed E-state index contributed by atoms with van der Waals surface area (Å²) in [5.74, 6) is 0.935. The molecule has 4 N–H and O–H groups in total. The number of aliphatic imine (C=N–C) groups is 1. The maximum atomic E-state index is 11.8. The summed E-state index contributed by atoms with van der Waals surface area (Å²) in [5.41, 5.74) is 5.33. The third kappa shape index (κ3) is 10.1. The van der Waals surface area contributed by atoms with Gasteiger partial charge in [-0.2, -0.15) is 0 Å². The first-order valence-electron chi connectivity index (χ1n) is 7.85. The van der Waals surface area contributed by atoms with Crippen LogP contribution in [-0.2, 0) is 4.74 Å². The van der Waals surface area contributed by atoms with E-state index in [1.165, 1.54) is 0 Å². The Balaban J connectivity index is 0.00000441. The highest BCUT2D eigenvalue weighted by Gasteiger charge is 2.33. The smallest absolute Gasteiger partial charge is 0.407 e. The van der Waals surface area contributed by atoms with E-state index >= 15 is 0 Å². The molecule has 0 saturated heterocycles. The van der Waals surface area contributed by atoms with E-state index in [0.29, 0.717) is 18.4 Å². The molecule has 130 valence electrons. The van der Waals surface area contributed by atoms with E-state index in [0.717, 1.165) is 32.2 Å². The van der Waals surface area contributed by atoms with Crippen molar-refractivity contribution in [3.63, 3.8) is 0 Å². The Hall–Kier alpha value is -0.730. The average Bonchev–Trinajstić information content (AvgIpc) is 3.16. The second kappa shape index (κ2) is 10.1. The van der Waals surface area contributed by atoms with Crippen molar-refractivity contribution in [2.45, 2.75) is 65.0 Å². The van der Waals surface area contributed by atoms with Gasteiger partial charge in [0.2, 0.25) is 0 Å². The topological polar surface area (TPSA) is 88.7 Å². The first-order chi connectivity index (χ1) is 9.81. The molecule has 1 aliphatic carbocycles. The van der Waals surface area contributed by atoms with Gasteiger partial charge in [-0.3, -0.25) is 4.99 Å². The van der Waals surface area contributed by atoms with Gasteiger partial charge in [-0.1, -0.05) is 13.3 Å². The van der Waals surface area contributed by atoms with Crippen molar-refractivity contribution in [1.82, 2.24) is 10.6 Å². The van der Waals surface area contributed by atoms with E-state index in [1.54, 1.807) is 0 Å². The summed E-state index contributed by atoms with van der Waals surface area (Å²) >= 11 is 0. The number of nitrogens with two attached hydrogens (primary N) is 1. The largest absolute Gasteiger partial charge is 0.444 e. The molecule has 0 bridgehead atoms. The summed E-state index contributed by atoms with van der Waals surface area (Å²) < 4.78 is 5.29. The molecule has 1 fully saturated rings. The lowest BCUT2D eigenvalue weighted by molar-refractivity contribution is 0.0500. The SMILES string of the molecule is CCCCNC(N)=NCC(NC(=O)OC(C)(C)C)C1CC1.I. The summed E-state index contributed by atoms with van der Waals surface area (Å²) in [6.07, 6.45) is 4.05. The van der Waals surface area contributed by atoms with Crippen molar-refractivity contribution in [2.75, 3.05) is 13.1 Å². The van der Waals surface area contributed by atoms with E-state index in [4.69, 9.17) is 10.5 Å². The number of nitrogens with zero attached hydrogens (tertiary/aromatic N) is 1. The number of ether oxygens (including phenoxy) is 1. The number of carbonyl (C=O) groups is 1. The molecule has 1 rings (SSSR count). The Morgan fingerprint density at radius 2 is 2.05 bits per heavy atom. The number of carbonyl (C=O) groups excluding carboxylic acids is 1. The van der Waals surface area contributed by atoms with Gasteiger partial charge in [0.1, 0.15) is 5.60 Å². The van der Waals surface area contributed by atoms with Crippen molar-refractivity contribution in [1.29, 1.82) is 0 Å². The van der Waals surface area contributed by atoms with Gasteiger partial charge in [0.15, 0.2) is 5.96 Å². The highest BCUT2D eigenvalue weighted by atomic mass is 127. The minimum absolute atomic E-state index is 0. The molecule has 1 atom stereocenters. The highest BCUT2D eigenvalue weighted by Crippen LogP contribution is 2.32. The number of halogens is 1. The Bertz CT molecular complexity index is 365. The first kappa shape index (κ1) is 21.3.